The average molecular weight is 278 g/mol. The molecule has 1 aromatic carbocycles. The van der Waals surface area contributed by atoms with Crippen LogP contribution in [0.1, 0.15) is 32.3 Å². The predicted molar refractivity (Wildman–Crippen MR) is 79.4 cm³/mol. The summed E-state index contributed by atoms with van der Waals surface area (Å²) in [5.74, 6) is 0. The average Bonchev–Trinajstić information content (AvgIpc) is 2.53. The Bertz CT molecular complexity index is 500. The Morgan fingerprint density at radius 3 is 2.85 bits per heavy atom. The van der Waals surface area contributed by atoms with Crippen molar-refractivity contribution < 1.29 is 9.66 Å². The van der Waals surface area contributed by atoms with Crippen LogP contribution in [0.15, 0.2) is 18.2 Å². The van der Waals surface area contributed by atoms with Crippen LogP contribution in [0.25, 0.3) is 0 Å². The molecule has 0 radical (unpaired) electrons. The summed E-state index contributed by atoms with van der Waals surface area (Å²) < 4.78 is 5.15. The molecule has 0 atom stereocenters. The summed E-state index contributed by atoms with van der Waals surface area (Å²) in [6.07, 6.45) is 2.17. The van der Waals surface area contributed by atoms with Crippen LogP contribution in [0.4, 0.5) is 11.4 Å². The van der Waals surface area contributed by atoms with E-state index in [4.69, 9.17) is 4.74 Å². The smallest absolute Gasteiger partial charge is 0.271 e. The van der Waals surface area contributed by atoms with Crippen molar-refractivity contribution in [2.24, 2.45) is 0 Å². The molecule has 5 heteroatoms. The van der Waals surface area contributed by atoms with E-state index < -0.39 is 0 Å². The number of hydrogen-bond donors (Lipinski definition) is 0. The van der Waals surface area contributed by atoms with Gasteiger partial charge in [0.05, 0.1) is 11.5 Å². The summed E-state index contributed by atoms with van der Waals surface area (Å²) in [7, 11) is 1.68. The van der Waals surface area contributed by atoms with Gasteiger partial charge in [-0.3, -0.25) is 10.1 Å². The van der Waals surface area contributed by atoms with Crippen LogP contribution in [0, 0.1) is 10.1 Å². The fourth-order valence-electron chi connectivity index (χ4n) is 2.87. The first-order valence-corrected chi connectivity index (χ1v) is 6.98. The summed E-state index contributed by atoms with van der Waals surface area (Å²) >= 11 is 0. The minimum absolute atomic E-state index is 0.0479. The largest absolute Gasteiger partial charge is 0.383 e. The number of nitro benzene ring substituents is 1. The van der Waals surface area contributed by atoms with Crippen LogP contribution in [0.3, 0.4) is 0 Å². The fourth-order valence-corrected chi connectivity index (χ4v) is 2.87. The van der Waals surface area contributed by atoms with Gasteiger partial charge < -0.3 is 9.64 Å². The third-order valence-corrected chi connectivity index (χ3v) is 4.06. The predicted octanol–water partition coefficient (Wildman–Crippen LogP) is 3.12. The lowest BCUT2D eigenvalue weighted by molar-refractivity contribution is -0.384. The molecule has 0 saturated carbocycles. The lowest BCUT2D eigenvalue weighted by atomic mass is 9.80. The minimum atomic E-state index is -0.327. The van der Waals surface area contributed by atoms with E-state index in [0.29, 0.717) is 6.61 Å². The van der Waals surface area contributed by atoms with E-state index >= 15 is 0 Å². The lowest BCUT2D eigenvalue weighted by Crippen LogP contribution is -2.28. The zero-order valence-corrected chi connectivity index (χ0v) is 12.4. The topological polar surface area (TPSA) is 55.6 Å². The van der Waals surface area contributed by atoms with Gasteiger partial charge in [-0.15, -0.1) is 0 Å². The molecule has 1 aliphatic heterocycles. The summed E-state index contributed by atoms with van der Waals surface area (Å²) in [5.41, 5.74) is 2.38. The highest BCUT2D eigenvalue weighted by molar-refractivity contribution is 5.62. The van der Waals surface area contributed by atoms with E-state index in [9.17, 15) is 10.1 Å². The van der Waals surface area contributed by atoms with Gasteiger partial charge in [-0.25, -0.2) is 0 Å². The Kier molecular flexibility index (Phi) is 4.28. The van der Waals surface area contributed by atoms with E-state index in [2.05, 4.69) is 18.7 Å². The Labute approximate surface area is 119 Å². The summed E-state index contributed by atoms with van der Waals surface area (Å²) in [4.78, 5) is 12.9. The van der Waals surface area contributed by atoms with E-state index in [1.165, 1.54) is 5.56 Å². The molecule has 0 bridgehead atoms. The highest BCUT2D eigenvalue weighted by Crippen LogP contribution is 2.40. The Hall–Kier alpha value is -1.62. The zero-order valence-electron chi connectivity index (χ0n) is 12.4. The molecule has 20 heavy (non-hydrogen) atoms. The van der Waals surface area contributed by atoms with Crippen molar-refractivity contribution in [3.63, 3.8) is 0 Å². The zero-order chi connectivity index (χ0) is 14.8. The van der Waals surface area contributed by atoms with Crippen molar-refractivity contribution in [2.45, 2.75) is 32.1 Å². The van der Waals surface area contributed by atoms with Gasteiger partial charge >= 0.3 is 0 Å². The standard InChI is InChI=1S/C15H22N2O3/c1-15(2)7-4-8-16(9-10-20-3)14-11-12(17(18)19)5-6-13(14)15/h5-6,11H,4,7-10H2,1-3H3. The first-order valence-electron chi connectivity index (χ1n) is 6.98. The Morgan fingerprint density at radius 2 is 2.20 bits per heavy atom. The number of rotatable bonds is 4. The molecule has 0 aliphatic carbocycles. The van der Waals surface area contributed by atoms with Crippen LogP contribution in [0.5, 0.6) is 0 Å². The van der Waals surface area contributed by atoms with E-state index in [1.807, 2.05) is 6.07 Å². The SMILES string of the molecule is COCCN1CCCC(C)(C)c2ccc([N+](=O)[O-])cc21. The fraction of sp³-hybridized carbons (Fsp3) is 0.600. The van der Waals surface area contributed by atoms with Gasteiger partial charge in [0.25, 0.3) is 5.69 Å². The minimum Gasteiger partial charge on any atom is -0.383 e. The molecular formula is C15H22N2O3. The van der Waals surface area contributed by atoms with Crippen molar-refractivity contribution in [3.05, 3.63) is 33.9 Å². The van der Waals surface area contributed by atoms with Crippen molar-refractivity contribution in [1.82, 2.24) is 0 Å². The molecule has 1 heterocycles. The van der Waals surface area contributed by atoms with E-state index in [1.54, 1.807) is 19.2 Å². The Morgan fingerprint density at radius 1 is 1.45 bits per heavy atom. The lowest BCUT2D eigenvalue weighted by Gasteiger charge is -2.28. The third kappa shape index (κ3) is 2.93. The third-order valence-electron chi connectivity index (χ3n) is 4.06. The van der Waals surface area contributed by atoms with Gasteiger partial charge in [0, 0.05) is 38.0 Å². The van der Waals surface area contributed by atoms with Crippen LogP contribution in [0.2, 0.25) is 0 Å². The molecule has 110 valence electrons. The number of methoxy groups -OCH3 is 1. The maximum absolute atomic E-state index is 11.0. The second kappa shape index (κ2) is 5.79. The number of anilines is 1. The molecule has 0 spiro atoms. The highest BCUT2D eigenvalue weighted by atomic mass is 16.6. The van der Waals surface area contributed by atoms with Gasteiger partial charge in [0.1, 0.15) is 0 Å². The normalized spacial score (nSPS) is 17.4. The maximum atomic E-state index is 11.0. The Balaban J connectivity index is 2.46. The molecule has 1 aliphatic rings. The number of nitro groups is 1. The number of nitrogens with zero attached hydrogens (tertiary/aromatic N) is 2. The summed E-state index contributed by atoms with van der Waals surface area (Å²) in [5, 5.41) is 11.0. The van der Waals surface area contributed by atoms with Gasteiger partial charge in [-0.2, -0.15) is 0 Å². The molecule has 0 fully saturated rings. The van der Waals surface area contributed by atoms with E-state index in [0.717, 1.165) is 31.6 Å². The van der Waals surface area contributed by atoms with Crippen LogP contribution in [-0.4, -0.2) is 31.7 Å². The summed E-state index contributed by atoms with van der Waals surface area (Å²) in [6.45, 7) is 6.72. The number of hydrogen-bond acceptors (Lipinski definition) is 4. The van der Waals surface area contributed by atoms with Gasteiger partial charge in [0.2, 0.25) is 0 Å². The number of non-ortho nitro benzene ring substituents is 1. The second-order valence-electron chi connectivity index (χ2n) is 5.93. The summed E-state index contributed by atoms with van der Waals surface area (Å²) in [6, 6.07) is 5.23. The highest BCUT2D eigenvalue weighted by Gasteiger charge is 2.30. The van der Waals surface area contributed by atoms with Crippen molar-refractivity contribution in [1.29, 1.82) is 0 Å². The monoisotopic (exact) mass is 278 g/mol. The van der Waals surface area contributed by atoms with Gasteiger partial charge in [-0.05, 0) is 29.9 Å². The molecule has 0 N–H and O–H groups in total. The van der Waals surface area contributed by atoms with Crippen molar-refractivity contribution in [2.75, 3.05) is 31.7 Å². The molecule has 2 rings (SSSR count). The van der Waals surface area contributed by atoms with Gasteiger partial charge in [-0.1, -0.05) is 13.8 Å². The molecule has 0 amide bonds. The molecule has 0 aromatic heterocycles. The number of benzene rings is 1. The van der Waals surface area contributed by atoms with Crippen molar-refractivity contribution >= 4 is 11.4 Å². The van der Waals surface area contributed by atoms with Crippen LogP contribution >= 0.6 is 0 Å². The first-order chi connectivity index (χ1) is 9.45. The second-order valence-corrected chi connectivity index (χ2v) is 5.93. The van der Waals surface area contributed by atoms with Crippen LogP contribution < -0.4 is 4.90 Å². The van der Waals surface area contributed by atoms with Crippen LogP contribution in [-0.2, 0) is 10.2 Å². The van der Waals surface area contributed by atoms with Crippen molar-refractivity contribution in [3.8, 4) is 0 Å². The van der Waals surface area contributed by atoms with Gasteiger partial charge in [0.15, 0.2) is 0 Å². The first kappa shape index (κ1) is 14.8. The molecule has 1 aromatic rings. The molecule has 5 nitrogen and oxygen atoms in total. The number of ether oxygens (including phenoxy) is 1. The quantitative estimate of drug-likeness (QED) is 0.627. The molecule has 0 saturated heterocycles. The maximum Gasteiger partial charge on any atom is 0.271 e. The molecule has 0 unspecified atom stereocenters. The molecular weight excluding hydrogens is 256 g/mol. The van der Waals surface area contributed by atoms with E-state index in [-0.39, 0.29) is 16.0 Å². The number of fused-ring (bicyclic) bond motifs is 1.